The maximum absolute atomic E-state index is 12.8. The van der Waals surface area contributed by atoms with Crippen LogP contribution in [0.1, 0.15) is 47.2 Å². The van der Waals surface area contributed by atoms with Gasteiger partial charge in [-0.2, -0.15) is 13.2 Å². The molecule has 0 radical (unpaired) electrons. The molecule has 0 unspecified atom stereocenters. The highest BCUT2D eigenvalue weighted by molar-refractivity contribution is 8.00. The van der Waals surface area contributed by atoms with E-state index in [0.29, 0.717) is 23.7 Å². The zero-order chi connectivity index (χ0) is 22.7. The molecule has 0 saturated heterocycles. The SMILES string of the molecule is O=C(NC1CC1)c1ccc(CN(C(=O)/C=C/c2ccc(SC(F)(F)F)cc2)C2CC2)cc1. The van der Waals surface area contributed by atoms with Gasteiger partial charge in [-0.1, -0.05) is 24.3 Å². The molecular weight excluding hydrogens is 437 g/mol. The summed E-state index contributed by atoms with van der Waals surface area (Å²) in [5.74, 6) is -0.214. The maximum atomic E-state index is 12.8. The van der Waals surface area contributed by atoms with E-state index in [2.05, 4.69) is 5.32 Å². The number of hydrogen-bond donors (Lipinski definition) is 1. The van der Waals surface area contributed by atoms with Gasteiger partial charge in [-0.05, 0) is 78.9 Å². The second-order valence-corrected chi connectivity index (χ2v) is 9.23. The number of halogens is 3. The number of carbonyl (C=O) groups is 2. The summed E-state index contributed by atoms with van der Waals surface area (Å²) < 4.78 is 37.3. The molecule has 8 heteroatoms. The van der Waals surface area contributed by atoms with Crippen molar-refractivity contribution in [2.24, 2.45) is 0 Å². The average molecular weight is 461 g/mol. The Labute approximate surface area is 188 Å². The molecule has 2 amide bonds. The molecular formula is C24H23F3N2O2S. The summed E-state index contributed by atoms with van der Waals surface area (Å²) in [6, 6.07) is 13.7. The van der Waals surface area contributed by atoms with Gasteiger partial charge in [-0.3, -0.25) is 9.59 Å². The minimum atomic E-state index is -4.32. The van der Waals surface area contributed by atoms with Crippen LogP contribution in [0.5, 0.6) is 0 Å². The van der Waals surface area contributed by atoms with E-state index in [1.54, 1.807) is 35.2 Å². The molecule has 0 bridgehead atoms. The molecule has 0 spiro atoms. The van der Waals surface area contributed by atoms with Crippen molar-refractivity contribution in [1.29, 1.82) is 0 Å². The molecule has 2 aliphatic rings. The largest absolute Gasteiger partial charge is 0.446 e. The smallest absolute Gasteiger partial charge is 0.349 e. The second kappa shape index (κ2) is 9.40. The number of thioether (sulfide) groups is 1. The van der Waals surface area contributed by atoms with E-state index >= 15 is 0 Å². The number of hydrogen-bond acceptors (Lipinski definition) is 3. The lowest BCUT2D eigenvalue weighted by Gasteiger charge is -2.21. The molecule has 1 N–H and O–H groups in total. The number of nitrogens with one attached hydrogen (secondary N) is 1. The van der Waals surface area contributed by atoms with E-state index < -0.39 is 5.51 Å². The lowest BCUT2D eigenvalue weighted by molar-refractivity contribution is -0.127. The highest BCUT2D eigenvalue weighted by Gasteiger charge is 2.32. The highest BCUT2D eigenvalue weighted by Crippen LogP contribution is 2.36. The van der Waals surface area contributed by atoms with E-state index in [9.17, 15) is 22.8 Å². The Balaban J connectivity index is 1.36. The fraction of sp³-hybridized carbons (Fsp3) is 0.333. The minimum Gasteiger partial charge on any atom is -0.349 e. The first-order valence-electron chi connectivity index (χ1n) is 10.5. The molecule has 0 aromatic heterocycles. The van der Waals surface area contributed by atoms with Gasteiger partial charge in [0.1, 0.15) is 0 Å². The van der Waals surface area contributed by atoms with Crippen LogP contribution >= 0.6 is 11.8 Å². The maximum Gasteiger partial charge on any atom is 0.446 e. The Morgan fingerprint density at radius 3 is 2.22 bits per heavy atom. The zero-order valence-corrected chi connectivity index (χ0v) is 18.1. The van der Waals surface area contributed by atoms with Crippen molar-refractivity contribution in [3.63, 3.8) is 0 Å². The van der Waals surface area contributed by atoms with Crippen LogP contribution in [-0.2, 0) is 11.3 Å². The van der Waals surface area contributed by atoms with Crippen LogP contribution in [0, 0.1) is 0 Å². The summed E-state index contributed by atoms with van der Waals surface area (Å²) in [6.45, 7) is 0.444. The first-order valence-corrected chi connectivity index (χ1v) is 11.3. The predicted molar refractivity (Wildman–Crippen MR) is 118 cm³/mol. The standard InChI is InChI=1S/C24H23F3N2O2S/c25-24(26,27)32-21-12-3-16(4-13-21)5-14-22(30)29(20-10-11-20)15-17-1-6-18(7-2-17)23(31)28-19-8-9-19/h1-7,12-14,19-20H,8-11,15H2,(H,28,31)/b14-5+. The number of nitrogens with zero attached hydrogens (tertiary/aromatic N) is 1. The topological polar surface area (TPSA) is 49.4 Å². The number of alkyl halides is 3. The van der Waals surface area contributed by atoms with Crippen molar-refractivity contribution in [3.8, 4) is 0 Å². The molecule has 168 valence electrons. The summed E-state index contributed by atoms with van der Waals surface area (Å²) >= 11 is -0.164. The summed E-state index contributed by atoms with van der Waals surface area (Å²) in [7, 11) is 0. The average Bonchev–Trinajstić information content (AvgIpc) is 3.66. The normalized spacial score (nSPS) is 16.2. The number of carbonyl (C=O) groups excluding carboxylic acids is 2. The van der Waals surface area contributed by atoms with Crippen LogP contribution in [0.25, 0.3) is 6.08 Å². The molecule has 4 nitrogen and oxygen atoms in total. The van der Waals surface area contributed by atoms with Gasteiger partial charge in [0.15, 0.2) is 0 Å². The lowest BCUT2D eigenvalue weighted by Crippen LogP contribution is -2.31. The van der Waals surface area contributed by atoms with Gasteiger partial charge in [-0.25, -0.2) is 0 Å². The van der Waals surface area contributed by atoms with Crippen LogP contribution < -0.4 is 5.32 Å². The van der Waals surface area contributed by atoms with Crippen molar-refractivity contribution in [3.05, 3.63) is 71.3 Å². The highest BCUT2D eigenvalue weighted by atomic mass is 32.2. The third-order valence-corrected chi connectivity index (χ3v) is 6.02. The van der Waals surface area contributed by atoms with E-state index in [1.165, 1.54) is 18.2 Å². The van der Waals surface area contributed by atoms with Crippen molar-refractivity contribution in [1.82, 2.24) is 10.2 Å². The molecule has 2 aliphatic carbocycles. The van der Waals surface area contributed by atoms with Crippen LogP contribution in [0.15, 0.2) is 59.5 Å². The number of benzene rings is 2. The quantitative estimate of drug-likeness (QED) is 0.424. The van der Waals surface area contributed by atoms with Crippen molar-refractivity contribution >= 4 is 29.7 Å². The molecule has 2 fully saturated rings. The van der Waals surface area contributed by atoms with Crippen LogP contribution in [0.4, 0.5) is 13.2 Å². The zero-order valence-electron chi connectivity index (χ0n) is 17.3. The Kier molecular flexibility index (Phi) is 6.60. The van der Waals surface area contributed by atoms with Crippen molar-refractivity contribution in [2.75, 3.05) is 0 Å². The van der Waals surface area contributed by atoms with Gasteiger partial charge >= 0.3 is 5.51 Å². The summed E-state index contributed by atoms with van der Waals surface area (Å²) in [6.07, 6.45) is 7.04. The van der Waals surface area contributed by atoms with Crippen LogP contribution in [0.3, 0.4) is 0 Å². The first-order chi connectivity index (χ1) is 15.3. The summed E-state index contributed by atoms with van der Waals surface area (Å²) in [5, 5.41) is 2.95. The van der Waals surface area contributed by atoms with E-state index in [1.807, 2.05) is 12.1 Å². The van der Waals surface area contributed by atoms with E-state index in [-0.39, 0.29) is 34.5 Å². The van der Waals surface area contributed by atoms with E-state index in [0.717, 1.165) is 31.2 Å². The predicted octanol–water partition coefficient (Wildman–Crippen LogP) is 5.40. The lowest BCUT2D eigenvalue weighted by atomic mass is 10.1. The van der Waals surface area contributed by atoms with Gasteiger partial charge in [0.25, 0.3) is 5.91 Å². The van der Waals surface area contributed by atoms with Crippen molar-refractivity contribution < 1.29 is 22.8 Å². The van der Waals surface area contributed by atoms with Crippen LogP contribution in [0.2, 0.25) is 0 Å². The molecule has 32 heavy (non-hydrogen) atoms. The molecule has 0 heterocycles. The van der Waals surface area contributed by atoms with Gasteiger partial charge in [0.05, 0.1) is 0 Å². The first kappa shape index (κ1) is 22.5. The Bertz CT molecular complexity index is 995. The molecule has 4 rings (SSSR count). The molecule has 2 saturated carbocycles. The summed E-state index contributed by atoms with van der Waals surface area (Å²) in [4.78, 5) is 26.8. The van der Waals surface area contributed by atoms with Gasteiger partial charge < -0.3 is 10.2 Å². The number of amides is 2. The molecule has 0 atom stereocenters. The molecule has 2 aromatic carbocycles. The van der Waals surface area contributed by atoms with E-state index in [4.69, 9.17) is 0 Å². The second-order valence-electron chi connectivity index (χ2n) is 8.09. The molecule has 0 aliphatic heterocycles. The third kappa shape index (κ3) is 6.63. The van der Waals surface area contributed by atoms with Crippen LogP contribution in [-0.4, -0.2) is 34.3 Å². The van der Waals surface area contributed by atoms with Gasteiger partial charge in [-0.15, -0.1) is 0 Å². The van der Waals surface area contributed by atoms with Crippen molar-refractivity contribution in [2.45, 2.75) is 54.7 Å². The Hall–Kier alpha value is -2.74. The fourth-order valence-corrected chi connectivity index (χ4v) is 3.81. The third-order valence-electron chi connectivity index (χ3n) is 5.28. The fourth-order valence-electron chi connectivity index (χ4n) is 3.27. The Morgan fingerprint density at radius 1 is 1.00 bits per heavy atom. The number of rotatable bonds is 8. The monoisotopic (exact) mass is 460 g/mol. The Morgan fingerprint density at radius 2 is 1.66 bits per heavy atom. The minimum absolute atomic E-state index is 0.0724. The summed E-state index contributed by atoms with van der Waals surface area (Å²) in [5.41, 5.74) is -2.11. The molecule has 2 aromatic rings. The van der Waals surface area contributed by atoms with Gasteiger partial charge in [0.2, 0.25) is 5.91 Å². The van der Waals surface area contributed by atoms with Gasteiger partial charge in [0, 0.05) is 35.2 Å².